The van der Waals surface area contributed by atoms with Gasteiger partial charge in [0.2, 0.25) is 0 Å². The van der Waals surface area contributed by atoms with Gasteiger partial charge in [-0.3, -0.25) is 4.79 Å². The molecule has 0 aliphatic heterocycles. The fourth-order valence-electron chi connectivity index (χ4n) is 1.16. The normalized spacial score (nSPS) is 14.2. The number of carboxylic acids is 1. The van der Waals surface area contributed by atoms with E-state index < -0.39 is 24.0 Å². The lowest BCUT2D eigenvalue weighted by molar-refractivity contribution is -0.141. The first-order chi connectivity index (χ1) is 7.41. The average Bonchev–Trinajstić information content (AvgIpc) is 2.59. The second kappa shape index (κ2) is 5.09. The summed E-state index contributed by atoms with van der Waals surface area (Å²) >= 11 is 1.27. The highest BCUT2D eigenvalue weighted by Gasteiger charge is 2.25. The second-order valence-electron chi connectivity index (χ2n) is 3.44. The minimum absolute atomic E-state index is 0.435. The topological polar surface area (TPSA) is 86.6 Å². The predicted octanol–water partition coefficient (Wildman–Crippen LogP) is 0.620. The van der Waals surface area contributed by atoms with Gasteiger partial charge in [-0.15, -0.1) is 11.3 Å². The molecule has 88 valence electrons. The smallest absolute Gasteiger partial charge is 0.328 e. The summed E-state index contributed by atoms with van der Waals surface area (Å²) < 4.78 is 0. The monoisotopic (exact) mass is 243 g/mol. The van der Waals surface area contributed by atoms with Crippen LogP contribution < -0.4 is 5.32 Å². The number of aliphatic carboxylic acids is 1. The summed E-state index contributed by atoms with van der Waals surface area (Å²) in [5.74, 6) is -1.73. The van der Waals surface area contributed by atoms with Crippen LogP contribution >= 0.6 is 11.3 Å². The number of nitrogens with one attached hydrogen (secondary N) is 1. The van der Waals surface area contributed by atoms with E-state index in [2.05, 4.69) is 5.32 Å². The highest BCUT2D eigenvalue weighted by Crippen LogP contribution is 2.15. The second-order valence-corrected chi connectivity index (χ2v) is 4.73. The van der Waals surface area contributed by atoms with Gasteiger partial charge in [-0.1, -0.05) is 0 Å². The molecule has 0 aliphatic carbocycles. The van der Waals surface area contributed by atoms with E-state index in [9.17, 15) is 14.7 Å². The van der Waals surface area contributed by atoms with Crippen LogP contribution in [0.15, 0.2) is 12.1 Å². The van der Waals surface area contributed by atoms with Crippen molar-refractivity contribution in [1.82, 2.24) is 5.32 Å². The van der Waals surface area contributed by atoms with E-state index in [-0.39, 0.29) is 0 Å². The summed E-state index contributed by atoms with van der Waals surface area (Å²) in [4.78, 5) is 23.7. The Balaban J connectivity index is 2.73. The Bertz CT molecular complexity index is 399. The van der Waals surface area contributed by atoms with Gasteiger partial charge in [0.1, 0.15) is 0 Å². The van der Waals surface area contributed by atoms with Crippen molar-refractivity contribution in [2.45, 2.75) is 26.0 Å². The first-order valence-corrected chi connectivity index (χ1v) is 5.51. The largest absolute Gasteiger partial charge is 0.480 e. The van der Waals surface area contributed by atoms with Crippen LogP contribution in [0.5, 0.6) is 0 Å². The maximum atomic E-state index is 11.6. The SMILES string of the molecule is Cc1ccc(C(=O)NC(C(=O)O)C(C)O)s1. The van der Waals surface area contributed by atoms with Gasteiger partial charge in [-0.2, -0.15) is 0 Å². The van der Waals surface area contributed by atoms with Gasteiger partial charge in [0.25, 0.3) is 5.91 Å². The zero-order valence-corrected chi connectivity index (χ0v) is 9.75. The quantitative estimate of drug-likeness (QED) is 0.723. The molecule has 2 atom stereocenters. The lowest BCUT2D eigenvalue weighted by Gasteiger charge is -2.16. The standard InChI is InChI=1S/C10H13NO4S/c1-5-3-4-7(16-5)9(13)11-8(6(2)12)10(14)15/h3-4,6,8,12H,1-2H3,(H,11,13)(H,14,15). The molecule has 1 aromatic heterocycles. The highest BCUT2D eigenvalue weighted by molar-refractivity contribution is 7.13. The fourth-order valence-corrected chi connectivity index (χ4v) is 1.93. The molecule has 1 amide bonds. The maximum Gasteiger partial charge on any atom is 0.328 e. The molecule has 0 spiro atoms. The van der Waals surface area contributed by atoms with Crippen LogP contribution in [0.2, 0.25) is 0 Å². The molecule has 0 fully saturated rings. The Hall–Kier alpha value is -1.40. The molecular weight excluding hydrogens is 230 g/mol. The summed E-state index contributed by atoms with van der Waals surface area (Å²) in [6.07, 6.45) is -1.14. The van der Waals surface area contributed by atoms with E-state index in [1.54, 1.807) is 12.1 Å². The number of aryl methyl sites for hydroxylation is 1. The number of hydrogen-bond acceptors (Lipinski definition) is 4. The van der Waals surface area contributed by atoms with Crippen molar-refractivity contribution in [1.29, 1.82) is 0 Å². The van der Waals surface area contributed by atoms with Crippen LogP contribution in [0.3, 0.4) is 0 Å². The fraction of sp³-hybridized carbons (Fsp3) is 0.400. The third-order valence-corrected chi connectivity index (χ3v) is 3.00. The molecule has 3 N–H and O–H groups in total. The molecular formula is C10H13NO4S. The molecule has 16 heavy (non-hydrogen) atoms. The van der Waals surface area contributed by atoms with Crippen molar-refractivity contribution in [3.8, 4) is 0 Å². The molecule has 2 unspecified atom stereocenters. The number of carboxylic acid groups (broad SMARTS) is 1. The number of hydrogen-bond donors (Lipinski definition) is 3. The average molecular weight is 243 g/mol. The summed E-state index contributed by atoms with van der Waals surface area (Å²) in [5.41, 5.74) is 0. The van der Waals surface area contributed by atoms with Crippen molar-refractivity contribution in [2.75, 3.05) is 0 Å². The number of carbonyl (C=O) groups excluding carboxylic acids is 1. The third-order valence-electron chi connectivity index (χ3n) is 2.00. The number of thiophene rings is 1. The first kappa shape index (κ1) is 12.7. The van der Waals surface area contributed by atoms with Crippen molar-refractivity contribution >= 4 is 23.2 Å². The van der Waals surface area contributed by atoms with Crippen molar-refractivity contribution in [3.63, 3.8) is 0 Å². The van der Waals surface area contributed by atoms with Gasteiger partial charge >= 0.3 is 5.97 Å². The predicted molar refractivity (Wildman–Crippen MR) is 59.6 cm³/mol. The van der Waals surface area contributed by atoms with Crippen molar-refractivity contribution in [2.24, 2.45) is 0 Å². The molecule has 0 saturated heterocycles. The van der Waals surface area contributed by atoms with E-state index in [0.29, 0.717) is 4.88 Å². The third kappa shape index (κ3) is 3.04. The van der Waals surface area contributed by atoms with Gasteiger partial charge in [-0.25, -0.2) is 4.79 Å². The van der Waals surface area contributed by atoms with E-state index in [4.69, 9.17) is 5.11 Å². The molecule has 0 saturated carbocycles. The van der Waals surface area contributed by atoms with Crippen LogP contribution in [0.1, 0.15) is 21.5 Å². The van der Waals surface area contributed by atoms with Crippen LogP contribution in [0, 0.1) is 6.92 Å². The minimum Gasteiger partial charge on any atom is -0.480 e. The molecule has 0 aliphatic rings. The Morgan fingerprint density at radius 1 is 1.44 bits per heavy atom. The lowest BCUT2D eigenvalue weighted by atomic mass is 10.2. The van der Waals surface area contributed by atoms with Gasteiger partial charge < -0.3 is 15.5 Å². The van der Waals surface area contributed by atoms with Crippen molar-refractivity contribution < 1.29 is 19.8 Å². The molecule has 0 radical (unpaired) electrons. The summed E-state index contributed by atoms with van der Waals surface area (Å²) in [6.45, 7) is 3.17. The van der Waals surface area contributed by atoms with Crippen LogP contribution in [-0.4, -0.2) is 34.2 Å². The first-order valence-electron chi connectivity index (χ1n) is 4.70. The van der Waals surface area contributed by atoms with E-state index >= 15 is 0 Å². The summed E-state index contributed by atoms with van der Waals surface area (Å²) in [5, 5.41) is 20.2. The van der Waals surface area contributed by atoms with Gasteiger partial charge in [-0.05, 0) is 26.0 Å². The Labute approximate surface area is 96.7 Å². The Kier molecular flexibility index (Phi) is 4.03. The molecule has 1 rings (SSSR count). The van der Waals surface area contributed by atoms with Gasteiger partial charge in [0.15, 0.2) is 6.04 Å². The minimum atomic E-state index is -1.28. The molecule has 6 heteroatoms. The van der Waals surface area contributed by atoms with Crippen LogP contribution in [0.25, 0.3) is 0 Å². The summed E-state index contributed by atoms with van der Waals surface area (Å²) in [6, 6.07) is 2.11. The van der Waals surface area contributed by atoms with Crippen LogP contribution in [-0.2, 0) is 4.79 Å². The molecule has 1 aromatic rings. The van der Waals surface area contributed by atoms with E-state index in [1.807, 2.05) is 6.92 Å². The highest BCUT2D eigenvalue weighted by atomic mass is 32.1. The Morgan fingerprint density at radius 2 is 2.06 bits per heavy atom. The van der Waals surface area contributed by atoms with Gasteiger partial charge in [0, 0.05) is 4.88 Å². The summed E-state index contributed by atoms with van der Waals surface area (Å²) in [7, 11) is 0. The number of aliphatic hydroxyl groups excluding tert-OH is 1. The molecule has 1 heterocycles. The van der Waals surface area contributed by atoms with Crippen LogP contribution in [0.4, 0.5) is 0 Å². The lowest BCUT2D eigenvalue weighted by Crippen LogP contribution is -2.47. The number of carbonyl (C=O) groups is 2. The zero-order valence-electron chi connectivity index (χ0n) is 8.93. The number of aliphatic hydroxyl groups is 1. The zero-order chi connectivity index (χ0) is 12.3. The number of amides is 1. The molecule has 0 bridgehead atoms. The number of rotatable bonds is 4. The molecule has 5 nitrogen and oxygen atoms in total. The maximum absolute atomic E-state index is 11.6. The van der Waals surface area contributed by atoms with E-state index in [0.717, 1.165) is 4.88 Å². The van der Waals surface area contributed by atoms with Crippen molar-refractivity contribution in [3.05, 3.63) is 21.9 Å². The Morgan fingerprint density at radius 3 is 2.44 bits per heavy atom. The van der Waals surface area contributed by atoms with E-state index in [1.165, 1.54) is 18.3 Å². The molecule has 0 aromatic carbocycles. The van der Waals surface area contributed by atoms with Gasteiger partial charge in [0.05, 0.1) is 11.0 Å².